The molecule has 18 heavy (non-hydrogen) atoms. The van der Waals surface area contributed by atoms with Crippen molar-refractivity contribution >= 4 is 5.97 Å². The van der Waals surface area contributed by atoms with Gasteiger partial charge in [-0.25, -0.2) is 0 Å². The van der Waals surface area contributed by atoms with Gasteiger partial charge in [-0.3, -0.25) is 9.69 Å². The van der Waals surface area contributed by atoms with E-state index in [2.05, 4.69) is 36.9 Å². The van der Waals surface area contributed by atoms with Crippen LogP contribution in [0.3, 0.4) is 0 Å². The molecule has 2 rings (SSSR count). The number of nitrogens with zero attached hydrogens (tertiary/aromatic N) is 1. The van der Waals surface area contributed by atoms with E-state index in [1.54, 1.807) is 6.92 Å². The molecule has 0 saturated carbocycles. The third kappa shape index (κ3) is 2.72. The van der Waals surface area contributed by atoms with Gasteiger partial charge in [0.05, 0.1) is 5.92 Å². The van der Waals surface area contributed by atoms with Crippen molar-refractivity contribution in [3.63, 3.8) is 0 Å². The van der Waals surface area contributed by atoms with Crippen molar-refractivity contribution in [2.45, 2.75) is 46.3 Å². The molecule has 0 bridgehead atoms. The second-order valence-corrected chi connectivity index (χ2v) is 5.55. The van der Waals surface area contributed by atoms with E-state index in [1.165, 1.54) is 11.1 Å². The summed E-state index contributed by atoms with van der Waals surface area (Å²) in [6, 6.07) is 6.96. The number of aliphatic carboxylic acids is 1. The lowest BCUT2D eigenvalue weighted by molar-refractivity contribution is -0.141. The predicted molar refractivity (Wildman–Crippen MR) is 71.3 cm³/mol. The maximum atomic E-state index is 10.9. The van der Waals surface area contributed by atoms with Gasteiger partial charge in [0.25, 0.3) is 0 Å². The van der Waals surface area contributed by atoms with E-state index in [0.29, 0.717) is 12.5 Å². The van der Waals surface area contributed by atoms with Crippen molar-refractivity contribution in [1.29, 1.82) is 0 Å². The Labute approximate surface area is 108 Å². The lowest BCUT2D eigenvalue weighted by Crippen LogP contribution is -2.24. The largest absolute Gasteiger partial charge is 0.481 e. The summed E-state index contributed by atoms with van der Waals surface area (Å²) in [6.07, 6.45) is 0.615. The van der Waals surface area contributed by atoms with E-state index in [4.69, 9.17) is 5.11 Å². The normalized spacial score (nSPS) is 16.9. The van der Waals surface area contributed by atoms with E-state index >= 15 is 0 Å². The molecule has 1 aliphatic rings. The van der Waals surface area contributed by atoms with Gasteiger partial charge in [0.2, 0.25) is 0 Å². The van der Waals surface area contributed by atoms with Crippen molar-refractivity contribution in [2.24, 2.45) is 5.92 Å². The zero-order valence-corrected chi connectivity index (χ0v) is 11.3. The van der Waals surface area contributed by atoms with Crippen LogP contribution in [0.1, 0.15) is 37.5 Å². The van der Waals surface area contributed by atoms with Crippen LogP contribution in [-0.2, 0) is 24.3 Å². The molecule has 3 heteroatoms. The standard InChI is InChI=1S/C15H21NO2/c1-10(2)16-8-13-5-4-12(7-14(13)9-16)6-11(3)15(17)18/h4-5,7,10-11H,6,8-9H2,1-3H3,(H,17,18). The minimum absolute atomic E-state index is 0.314. The van der Waals surface area contributed by atoms with Gasteiger partial charge in [-0.05, 0) is 37.0 Å². The quantitative estimate of drug-likeness (QED) is 0.889. The van der Waals surface area contributed by atoms with Gasteiger partial charge in [0, 0.05) is 19.1 Å². The fourth-order valence-corrected chi connectivity index (χ4v) is 2.41. The highest BCUT2D eigenvalue weighted by atomic mass is 16.4. The fraction of sp³-hybridized carbons (Fsp3) is 0.533. The van der Waals surface area contributed by atoms with Gasteiger partial charge >= 0.3 is 5.97 Å². The van der Waals surface area contributed by atoms with Crippen molar-refractivity contribution < 1.29 is 9.90 Å². The molecule has 98 valence electrons. The zero-order valence-electron chi connectivity index (χ0n) is 11.3. The van der Waals surface area contributed by atoms with Gasteiger partial charge in [-0.2, -0.15) is 0 Å². The van der Waals surface area contributed by atoms with Crippen LogP contribution < -0.4 is 0 Å². The third-order valence-corrected chi connectivity index (χ3v) is 3.71. The van der Waals surface area contributed by atoms with Crippen LogP contribution in [0.4, 0.5) is 0 Å². The highest BCUT2D eigenvalue weighted by Crippen LogP contribution is 2.26. The monoisotopic (exact) mass is 247 g/mol. The second kappa shape index (κ2) is 5.11. The Morgan fingerprint density at radius 2 is 1.94 bits per heavy atom. The van der Waals surface area contributed by atoms with Crippen molar-refractivity contribution in [1.82, 2.24) is 4.90 Å². The average molecular weight is 247 g/mol. The van der Waals surface area contributed by atoms with Gasteiger partial charge in [-0.15, -0.1) is 0 Å². The van der Waals surface area contributed by atoms with Crippen LogP contribution in [0.5, 0.6) is 0 Å². The summed E-state index contributed by atoms with van der Waals surface area (Å²) in [6.45, 7) is 8.18. The minimum Gasteiger partial charge on any atom is -0.481 e. The second-order valence-electron chi connectivity index (χ2n) is 5.55. The number of carboxylic acids is 1. The fourth-order valence-electron chi connectivity index (χ4n) is 2.41. The first kappa shape index (κ1) is 13.1. The predicted octanol–water partition coefficient (Wildman–Crippen LogP) is 2.67. The van der Waals surface area contributed by atoms with E-state index in [0.717, 1.165) is 18.7 Å². The molecule has 0 aromatic heterocycles. The van der Waals surface area contributed by atoms with E-state index < -0.39 is 5.97 Å². The van der Waals surface area contributed by atoms with E-state index in [9.17, 15) is 4.79 Å². The first-order valence-corrected chi connectivity index (χ1v) is 6.55. The molecule has 0 aliphatic carbocycles. The zero-order chi connectivity index (χ0) is 13.3. The number of carboxylic acid groups (broad SMARTS) is 1. The molecule has 0 fully saturated rings. The Balaban J connectivity index is 2.11. The number of rotatable bonds is 4. The molecule has 3 nitrogen and oxygen atoms in total. The minimum atomic E-state index is -0.723. The Morgan fingerprint density at radius 3 is 2.56 bits per heavy atom. The lowest BCUT2D eigenvalue weighted by Gasteiger charge is -2.18. The maximum Gasteiger partial charge on any atom is 0.306 e. The smallest absolute Gasteiger partial charge is 0.306 e. The summed E-state index contributed by atoms with van der Waals surface area (Å²) < 4.78 is 0. The van der Waals surface area contributed by atoms with Crippen LogP contribution in [0.25, 0.3) is 0 Å². The van der Waals surface area contributed by atoms with Crippen LogP contribution in [0.15, 0.2) is 18.2 Å². The SMILES string of the molecule is CC(Cc1ccc2c(c1)CN(C(C)C)C2)C(=O)O. The highest BCUT2D eigenvalue weighted by Gasteiger charge is 2.21. The molecule has 1 atom stereocenters. The van der Waals surface area contributed by atoms with Crippen molar-refractivity contribution in [3.05, 3.63) is 34.9 Å². The molecule has 1 aromatic rings. The molecule has 1 aliphatic heterocycles. The van der Waals surface area contributed by atoms with Crippen molar-refractivity contribution in [3.8, 4) is 0 Å². The topological polar surface area (TPSA) is 40.5 Å². The molecular formula is C15H21NO2. The molecular weight excluding hydrogens is 226 g/mol. The van der Waals surface area contributed by atoms with Crippen LogP contribution in [-0.4, -0.2) is 22.0 Å². The maximum absolute atomic E-state index is 10.9. The van der Waals surface area contributed by atoms with Gasteiger partial charge < -0.3 is 5.11 Å². The molecule has 1 heterocycles. The highest BCUT2D eigenvalue weighted by molar-refractivity contribution is 5.69. The molecule has 1 N–H and O–H groups in total. The third-order valence-electron chi connectivity index (χ3n) is 3.71. The first-order valence-electron chi connectivity index (χ1n) is 6.55. The molecule has 0 spiro atoms. The average Bonchev–Trinajstić information content (AvgIpc) is 2.71. The van der Waals surface area contributed by atoms with Gasteiger partial charge in [0.1, 0.15) is 0 Å². The molecule has 1 unspecified atom stereocenters. The molecule has 0 radical (unpaired) electrons. The van der Waals surface area contributed by atoms with Gasteiger partial charge in [-0.1, -0.05) is 25.1 Å². The number of carbonyl (C=O) groups is 1. The summed E-state index contributed by atoms with van der Waals surface area (Å²) >= 11 is 0. The van der Waals surface area contributed by atoms with Crippen LogP contribution in [0, 0.1) is 5.92 Å². The summed E-state index contributed by atoms with van der Waals surface area (Å²) in [5.74, 6) is -1.04. The summed E-state index contributed by atoms with van der Waals surface area (Å²) in [7, 11) is 0. The first-order chi connectivity index (χ1) is 8.47. The molecule has 0 amide bonds. The summed E-state index contributed by atoms with van der Waals surface area (Å²) in [5, 5.41) is 8.94. The Morgan fingerprint density at radius 1 is 1.28 bits per heavy atom. The van der Waals surface area contributed by atoms with Crippen molar-refractivity contribution in [2.75, 3.05) is 0 Å². The molecule has 1 aromatic carbocycles. The van der Waals surface area contributed by atoms with E-state index in [-0.39, 0.29) is 5.92 Å². The van der Waals surface area contributed by atoms with E-state index in [1.807, 2.05) is 0 Å². The summed E-state index contributed by atoms with van der Waals surface area (Å²) in [4.78, 5) is 13.3. The number of fused-ring (bicyclic) bond motifs is 1. The summed E-state index contributed by atoms with van der Waals surface area (Å²) in [5.41, 5.74) is 3.88. The van der Waals surface area contributed by atoms with Gasteiger partial charge in [0.15, 0.2) is 0 Å². The Bertz CT molecular complexity index is 454. The Hall–Kier alpha value is -1.35. The number of hydrogen-bond donors (Lipinski definition) is 1. The number of benzene rings is 1. The van der Waals surface area contributed by atoms with Crippen LogP contribution in [0.2, 0.25) is 0 Å². The number of hydrogen-bond acceptors (Lipinski definition) is 2. The Kier molecular flexibility index (Phi) is 3.71. The molecule has 0 saturated heterocycles. The lowest BCUT2D eigenvalue weighted by atomic mass is 9.98. The van der Waals surface area contributed by atoms with Crippen LogP contribution >= 0.6 is 0 Å².